The number of amides is 1. The van der Waals surface area contributed by atoms with Crippen molar-refractivity contribution in [2.75, 3.05) is 26.7 Å². The van der Waals surface area contributed by atoms with Gasteiger partial charge in [-0.25, -0.2) is 4.79 Å². The minimum Gasteiger partial charge on any atom is -0.465 e. The van der Waals surface area contributed by atoms with Gasteiger partial charge in [-0.3, -0.25) is 0 Å². The Morgan fingerprint density at radius 1 is 1.38 bits per heavy atom. The highest BCUT2D eigenvalue weighted by molar-refractivity contribution is 5.65. The zero-order valence-electron chi connectivity index (χ0n) is 8.95. The van der Waals surface area contributed by atoms with E-state index in [0.29, 0.717) is 19.1 Å². The molecule has 1 unspecified atom stereocenters. The average molecular weight is 188 g/mol. The average Bonchev–Trinajstić information content (AvgIpc) is 2.13. The normalized spacial score (nSPS) is 23.4. The summed E-state index contributed by atoms with van der Waals surface area (Å²) in [5, 5.41) is 8.65. The molecule has 0 spiro atoms. The number of likely N-dealkylation sites (N-methyl/N-ethyl adjacent to an activating group) is 1. The Bertz CT molecular complexity index is 162. The van der Waals surface area contributed by atoms with Crippen molar-refractivity contribution in [3.8, 4) is 0 Å². The minimum absolute atomic E-state index is 0.347. The van der Waals surface area contributed by atoms with Crippen LogP contribution in [0.2, 0.25) is 0 Å². The van der Waals surface area contributed by atoms with Crippen LogP contribution in [0.15, 0.2) is 0 Å². The van der Waals surface area contributed by atoms with Crippen LogP contribution in [-0.4, -0.2) is 53.7 Å². The van der Waals surface area contributed by atoms with Crippen LogP contribution in [-0.2, 0) is 0 Å². The zero-order valence-corrected chi connectivity index (χ0v) is 8.95. The van der Waals surface area contributed by atoms with Gasteiger partial charge >= 0.3 is 6.09 Å². The third kappa shape index (κ3) is 3.63. The Kier molecular flexibility index (Phi) is 5.46. The van der Waals surface area contributed by atoms with E-state index in [4.69, 9.17) is 5.11 Å². The molecule has 1 rings (SSSR count). The van der Waals surface area contributed by atoms with E-state index in [1.807, 2.05) is 27.8 Å². The van der Waals surface area contributed by atoms with E-state index in [-0.39, 0.29) is 0 Å². The summed E-state index contributed by atoms with van der Waals surface area (Å²) < 4.78 is 0. The van der Waals surface area contributed by atoms with Crippen molar-refractivity contribution in [2.24, 2.45) is 0 Å². The summed E-state index contributed by atoms with van der Waals surface area (Å²) >= 11 is 0. The summed E-state index contributed by atoms with van der Waals surface area (Å²) in [6.45, 7) is 8.14. The number of hydrogen-bond acceptors (Lipinski definition) is 2. The molecule has 78 valence electrons. The van der Waals surface area contributed by atoms with Crippen molar-refractivity contribution >= 4 is 6.09 Å². The highest BCUT2D eigenvalue weighted by Crippen LogP contribution is 2.06. The molecule has 13 heavy (non-hydrogen) atoms. The van der Waals surface area contributed by atoms with E-state index < -0.39 is 6.09 Å². The van der Waals surface area contributed by atoms with E-state index in [1.54, 1.807) is 0 Å². The van der Waals surface area contributed by atoms with Crippen molar-refractivity contribution in [3.63, 3.8) is 0 Å². The van der Waals surface area contributed by atoms with Gasteiger partial charge in [-0.2, -0.15) is 0 Å². The molecule has 4 nitrogen and oxygen atoms in total. The minimum atomic E-state index is -0.801. The van der Waals surface area contributed by atoms with Gasteiger partial charge in [0.05, 0.1) is 0 Å². The van der Waals surface area contributed by atoms with Crippen molar-refractivity contribution < 1.29 is 9.90 Å². The van der Waals surface area contributed by atoms with Gasteiger partial charge in [0.2, 0.25) is 0 Å². The summed E-state index contributed by atoms with van der Waals surface area (Å²) in [4.78, 5) is 14.1. The molecule has 1 aliphatic rings. The van der Waals surface area contributed by atoms with Gasteiger partial charge in [0.1, 0.15) is 0 Å². The van der Waals surface area contributed by atoms with Crippen LogP contribution in [0, 0.1) is 0 Å². The predicted octanol–water partition coefficient (Wildman–Crippen LogP) is 1.33. The number of rotatable bonds is 0. The van der Waals surface area contributed by atoms with Crippen molar-refractivity contribution in [1.82, 2.24) is 9.80 Å². The topological polar surface area (TPSA) is 43.8 Å². The highest BCUT2D eigenvalue weighted by atomic mass is 16.4. The molecule has 1 N–H and O–H groups in total. The monoisotopic (exact) mass is 188 g/mol. The third-order valence-electron chi connectivity index (χ3n) is 2.23. The van der Waals surface area contributed by atoms with E-state index in [1.165, 1.54) is 4.90 Å². The third-order valence-corrected chi connectivity index (χ3v) is 2.23. The van der Waals surface area contributed by atoms with Crippen LogP contribution in [0.5, 0.6) is 0 Å². The van der Waals surface area contributed by atoms with E-state index >= 15 is 0 Å². The Labute approximate surface area is 80.1 Å². The molecule has 1 saturated heterocycles. The van der Waals surface area contributed by atoms with Crippen LogP contribution in [0.3, 0.4) is 0 Å². The fourth-order valence-electron chi connectivity index (χ4n) is 1.22. The Balaban J connectivity index is 0.000000671. The molecular formula is C9H20N2O2. The van der Waals surface area contributed by atoms with Crippen LogP contribution in [0.4, 0.5) is 4.79 Å². The highest BCUT2D eigenvalue weighted by Gasteiger charge is 2.23. The maximum Gasteiger partial charge on any atom is 0.407 e. The first-order chi connectivity index (χ1) is 6.11. The molecule has 1 amide bonds. The number of carbonyl (C=O) groups is 1. The molecule has 1 atom stereocenters. The molecule has 1 fully saturated rings. The fraction of sp³-hybridized carbons (Fsp3) is 0.889. The van der Waals surface area contributed by atoms with E-state index in [9.17, 15) is 4.79 Å². The van der Waals surface area contributed by atoms with Gasteiger partial charge in [-0.05, 0) is 14.0 Å². The first-order valence-electron chi connectivity index (χ1n) is 4.79. The van der Waals surface area contributed by atoms with Crippen LogP contribution >= 0.6 is 0 Å². The molecule has 0 aromatic heterocycles. The lowest BCUT2D eigenvalue weighted by Crippen LogP contribution is -2.51. The van der Waals surface area contributed by atoms with Gasteiger partial charge in [-0.15, -0.1) is 0 Å². The largest absolute Gasteiger partial charge is 0.465 e. The lowest BCUT2D eigenvalue weighted by atomic mass is 10.2. The van der Waals surface area contributed by atoms with Crippen LogP contribution < -0.4 is 0 Å². The maximum atomic E-state index is 10.5. The molecule has 0 radical (unpaired) electrons. The molecule has 0 aliphatic carbocycles. The zero-order chi connectivity index (χ0) is 10.4. The first kappa shape index (κ1) is 12.2. The van der Waals surface area contributed by atoms with Gasteiger partial charge in [0, 0.05) is 25.7 Å². The molecule has 0 aromatic carbocycles. The summed E-state index contributed by atoms with van der Waals surface area (Å²) in [7, 11) is 2.02. The molecule has 0 saturated carbocycles. The number of nitrogens with zero attached hydrogens (tertiary/aromatic N) is 2. The van der Waals surface area contributed by atoms with E-state index in [2.05, 4.69) is 4.90 Å². The van der Waals surface area contributed by atoms with Crippen LogP contribution in [0.25, 0.3) is 0 Å². The molecule has 1 aliphatic heterocycles. The molecule has 4 heteroatoms. The van der Waals surface area contributed by atoms with Crippen molar-refractivity contribution in [3.05, 3.63) is 0 Å². The fourth-order valence-corrected chi connectivity index (χ4v) is 1.22. The summed E-state index contributed by atoms with van der Waals surface area (Å²) in [5.74, 6) is 0. The Morgan fingerprint density at radius 3 is 2.31 bits per heavy atom. The summed E-state index contributed by atoms with van der Waals surface area (Å²) in [6, 6.07) is 0.347. The van der Waals surface area contributed by atoms with E-state index in [0.717, 1.165) is 6.54 Å². The number of piperazine rings is 1. The SMILES string of the molecule is CC.CC1CN(C(=O)O)CCN1C. The number of hydrogen-bond donors (Lipinski definition) is 1. The molecule has 0 bridgehead atoms. The molecule has 0 aromatic rings. The Hall–Kier alpha value is -0.770. The molecular weight excluding hydrogens is 168 g/mol. The predicted molar refractivity (Wildman–Crippen MR) is 53.0 cm³/mol. The van der Waals surface area contributed by atoms with Gasteiger partial charge in [-0.1, -0.05) is 13.8 Å². The first-order valence-corrected chi connectivity index (χ1v) is 4.79. The van der Waals surface area contributed by atoms with Crippen LogP contribution in [0.1, 0.15) is 20.8 Å². The second-order valence-corrected chi connectivity index (χ2v) is 3.06. The Morgan fingerprint density at radius 2 is 1.92 bits per heavy atom. The smallest absolute Gasteiger partial charge is 0.407 e. The maximum absolute atomic E-state index is 10.5. The molecule has 1 heterocycles. The number of carboxylic acid groups (broad SMARTS) is 1. The van der Waals surface area contributed by atoms with Gasteiger partial charge in [0.15, 0.2) is 0 Å². The van der Waals surface area contributed by atoms with Gasteiger partial charge in [0.25, 0.3) is 0 Å². The second kappa shape index (κ2) is 5.80. The lowest BCUT2D eigenvalue weighted by molar-refractivity contribution is 0.0893. The quantitative estimate of drug-likeness (QED) is 0.623. The lowest BCUT2D eigenvalue weighted by Gasteiger charge is -2.35. The summed E-state index contributed by atoms with van der Waals surface area (Å²) in [6.07, 6.45) is -0.801. The van der Waals surface area contributed by atoms with Crippen molar-refractivity contribution in [2.45, 2.75) is 26.8 Å². The summed E-state index contributed by atoms with van der Waals surface area (Å²) in [5.41, 5.74) is 0. The standard InChI is InChI=1S/C7H14N2O2.C2H6/c1-6-5-9(7(10)11)4-3-8(6)2;1-2/h6H,3-5H2,1-2H3,(H,10,11);1-2H3. The second-order valence-electron chi connectivity index (χ2n) is 3.06. The van der Waals surface area contributed by atoms with Crippen molar-refractivity contribution in [1.29, 1.82) is 0 Å². The van der Waals surface area contributed by atoms with Gasteiger partial charge < -0.3 is 14.9 Å².